The van der Waals surface area contributed by atoms with Crippen LogP contribution in [0.15, 0.2) is 199 Å². The van der Waals surface area contributed by atoms with Gasteiger partial charge in [0.05, 0.1) is 11.0 Å². The van der Waals surface area contributed by atoms with Crippen molar-refractivity contribution in [2.24, 2.45) is 0 Å². The lowest BCUT2D eigenvalue weighted by atomic mass is 9.96. The molecule has 3 aromatic heterocycles. The number of benzene rings is 10. The van der Waals surface area contributed by atoms with E-state index >= 15 is 0 Å². The topological polar surface area (TPSA) is 56.7 Å². The van der Waals surface area contributed by atoms with Crippen LogP contribution in [0.3, 0.4) is 0 Å². The van der Waals surface area contributed by atoms with Crippen LogP contribution in [0.2, 0.25) is 0 Å². The highest BCUT2D eigenvalue weighted by molar-refractivity contribution is 6.28. The van der Waals surface area contributed by atoms with Crippen molar-refractivity contribution < 1.29 is 4.42 Å². The Morgan fingerprint density at radius 3 is 1.62 bits per heavy atom. The van der Waals surface area contributed by atoms with Crippen LogP contribution in [-0.4, -0.2) is 19.5 Å². The van der Waals surface area contributed by atoms with E-state index in [4.69, 9.17) is 19.4 Å². The predicted molar refractivity (Wildman–Crippen MR) is 248 cm³/mol. The van der Waals surface area contributed by atoms with Crippen molar-refractivity contribution >= 4 is 86.8 Å². The van der Waals surface area contributed by atoms with Gasteiger partial charge in [-0.25, -0.2) is 4.98 Å². The summed E-state index contributed by atoms with van der Waals surface area (Å²) in [6, 6.07) is 68.5. The molecule has 0 atom stereocenters. The monoisotopic (exact) mass is 764 g/mol. The van der Waals surface area contributed by atoms with Gasteiger partial charge in [0, 0.05) is 38.1 Å². The van der Waals surface area contributed by atoms with Crippen molar-refractivity contribution in [3.05, 3.63) is 194 Å². The first-order valence-electron chi connectivity index (χ1n) is 20.3. The molecule has 3 heterocycles. The van der Waals surface area contributed by atoms with Gasteiger partial charge in [0.25, 0.3) is 0 Å². The first kappa shape index (κ1) is 32.9. The second-order valence-corrected chi connectivity index (χ2v) is 15.5. The zero-order valence-corrected chi connectivity index (χ0v) is 32.2. The van der Waals surface area contributed by atoms with E-state index < -0.39 is 0 Å². The van der Waals surface area contributed by atoms with Gasteiger partial charge in [0.1, 0.15) is 11.2 Å². The maximum Gasteiger partial charge on any atom is 0.238 e. The normalized spacial score (nSPS) is 12.0. The third kappa shape index (κ3) is 4.84. The van der Waals surface area contributed by atoms with E-state index in [1.54, 1.807) is 0 Å². The summed E-state index contributed by atoms with van der Waals surface area (Å²) in [5, 5.41) is 13.5. The molecule has 0 aliphatic heterocycles. The average Bonchev–Trinajstić information content (AvgIpc) is 3.88. The summed E-state index contributed by atoms with van der Waals surface area (Å²) in [4.78, 5) is 16.4. The third-order valence-corrected chi connectivity index (χ3v) is 12.2. The smallest absolute Gasteiger partial charge is 0.238 e. The van der Waals surface area contributed by atoms with E-state index in [9.17, 15) is 0 Å². The van der Waals surface area contributed by atoms with Crippen LogP contribution in [0.1, 0.15) is 0 Å². The number of aromatic nitrogens is 4. The van der Waals surface area contributed by atoms with Crippen molar-refractivity contribution in [3.63, 3.8) is 0 Å². The third-order valence-electron chi connectivity index (χ3n) is 12.2. The van der Waals surface area contributed by atoms with Crippen molar-refractivity contribution in [2.75, 3.05) is 0 Å². The minimum Gasteiger partial charge on any atom is -0.455 e. The Morgan fingerprint density at radius 2 is 0.917 bits per heavy atom. The zero-order chi connectivity index (χ0) is 39.3. The molecule has 0 bridgehead atoms. The Labute approximate surface area is 343 Å². The number of hydrogen-bond acceptors (Lipinski definition) is 4. The summed E-state index contributed by atoms with van der Waals surface area (Å²) in [5.74, 6) is 1.71. The molecule has 13 rings (SSSR count). The lowest BCUT2D eigenvalue weighted by Crippen LogP contribution is -2.07. The SMILES string of the molecule is c1ccc(-c2cc(-c3nc(-c4cccc5oc6c7ccccc7ccc6c45)nc(-n4c5ccc6ccccc6c5c5c6ccccc6ccc54)n3)c3ccccc3c2)cc1. The average molecular weight is 765 g/mol. The lowest BCUT2D eigenvalue weighted by Gasteiger charge is -2.14. The Bertz CT molecular complexity index is 3810. The van der Waals surface area contributed by atoms with Crippen LogP contribution in [0, 0.1) is 0 Å². The van der Waals surface area contributed by atoms with Crippen LogP contribution in [0.25, 0.3) is 127 Å². The molecule has 60 heavy (non-hydrogen) atoms. The molecule has 278 valence electrons. The van der Waals surface area contributed by atoms with E-state index in [0.717, 1.165) is 76.8 Å². The molecule has 13 aromatic rings. The second kappa shape index (κ2) is 12.7. The molecule has 0 spiro atoms. The molecule has 0 fully saturated rings. The van der Waals surface area contributed by atoms with Crippen molar-refractivity contribution in [3.8, 4) is 39.9 Å². The lowest BCUT2D eigenvalue weighted by molar-refractivity contribution is 0.672. The van der Waals surface area contributed by atoms with Crippen LogP contribution in [-0.2, 0) is 0 Å². The van der Waals surface area contributed by atoms with E-state index in [0.29, 0.717) is 17.6 Å². The van der Waals surface area contributed by atoms with E-state index in [1.165, 1.54) is 32.3 Å². The van der Waals surface area contributed by atoms with Crippen molar-refractivity contribution in [2.45, 2.75) is 0 Å². The van der Waals surface area contributed by atoms with Gasteiger partial charge in [-0.15, -0.1) is 0 Å². The highest BCUT2D eigenvalue weighted by atomic mass is 16.3. The summed E-state index contributed by atoms with van der Waals surface area (Å²) in [7, 11) is 0. The Kier molecular flexibility index (Phi) is 6.95. The van der Waals surface area contributed by atoms with Crippen LogP contribution in [0.5, 0.6) is 0 Å². The molecular weight excluding hydrogens is 733 g/mol. The summed E-state index contributed by atoms with van der Waals surface area (Å²) < 4.78 is 8.93. The molecule has 0 N–H and O–H groups in total. The van der Waals surface area contributed by atoms with Gasteiger partial charge in [0.15, 0.2) is 11.6 Å². The van der Waals surface area contributed by atoms with Gasteiger partial charge in [-0.2, -0.15) is 9.97 Å². The fraction of sp³-hybridized carbons (Fsp3) is 0. The van der Waals surface area contributed by atoms with Crippen LogP contribution >= 0.6 is 0 Å². The summed E-state index contributed by atoms with van der Waals surface area (Å²) in [6.07, 6.45) is 0. The van der Waals surface area contributed by atoms with Crippen LogP contribution < -0.4 is 0 Å². The number of hydrogen-bond donors (Lipinski definition) is 0. The maximum absolute atomic E-state index is 6.69. The van der Waals surface area contributed by atoms with Gasteiger partial charge >= 0.3 is 0 Å². The summed E-state index contributed by atoms with van der Waals surface area (Å²) in [6.45, 7) is 0. The molecule has 10 aromatic carbocycles. The molecule has 0 aliphatic carbocycles. The molecule has 0 saturated heterocycles. The Balaban J connectivity index is 1.17. The molecule has 0 radical (unpaired) electrons. The molecule has 5 heteroatoms. The number of nitrogens with zero attached hydrogens (tertiary/aromatic N) is 4. The minimum atomic E-state index is 0.546. The Morgan fingerprint density at radius 1 is 0.350 bits per heavy atom. The predicted octanol–water partition coefficient (Wildman–Crippen LogP) is 14.5. The fourth-order valence-corrected chi connectivity index (χ4v) is 9.50. The molecular formula is C55H32N4O. The number of fused-ring (bicyclic) bond motifs is 13. The quantitative estimate of drug-likeness (QED) is 0.179. The van der Waals surface area contributed by atoms with E-state index in [2.05, 4.69) is 187 Å². The molecule has 0 unspecified atom stereocenters. The first-order chi connectivity index (χ1) is 29.7. The summed E-state index contributed by atoms with van der Waals surface area (Å²) in [5.41, 5.74) is 7.74. The first-order valence-corrected chi connectivity index (χ1v) is 20.3. The van der Waals surface area contributed by atoms with Crippen LogP contribution in [0.4, 0.5) is 0 Å². The molecule has 0 saturated carbocycles. The maximum atomic E-state index is 6.69. The fourth-order valence-electron chi connectivity index (χ4n) is 9.50. The van der Waals surface area contributed by atoms with Gasteiger partial charge in [-0.3, -0.25) is 4.57 Å². The zero-order valence-electron chi connectivity index (χ0n) is 32.2. The highest BCUT2D eigenvalue weighted by Gasteiger charge is 2.23. The van der Waals surface area contributed by atoms with Gasteiger partial charge in [-0.05, 0) is 85.2 Å². The Hall–Kier alpha value is -8.15. The number of rotatable bonds is 4. The molecule has 0 aliphatic rings. The van der Waals surface area contributed by atoms with E-state index in [1.807, 2.05) is 12.1 Å². The largest absolute Gasteiger partial charge is 0.455 e. The van der Waals surface area contributed by atoms with E-state index in [-0.39, 0.29) is 0 Å². The van der Waals surface area contributed by atoms with Gasteiger partial charge in [0.2, 0.25) is 5.95 Å². The van der Waals surface area contributed by atoms with Crippen molar-refractivity contribution in [1.29, 1.82) is 0 Å². The number of furan rings is 1. The second-order valence-electron chi connectivity index (χ2n) is 15.5. The minimum absolute atomic E-state index is 0.546. The van der Waals surface area contributed by atoms with Crippen molar-refractivity contribution in [1.82, 2.24) is 19.5 Å². The highest BCUT2D eigenvalue weighted by Crippen LogP contribution is 2.43. The summed E-state index contributed by atoms with van der Waals surface area (Å²) >= 11 is 0. The van der Waals surface area contributed by atoms with Gasteiger partial charge in [-0.1, -0.05) is 158 Å². The molecule has 5 nitrogen and oxygen atoms in total. The molecule has 0 amide bonds. The standard InChI is InChI=1S/C55H32N4O/c1-2-13-33(14-3-1)38-31-37-18-7-8-19-39(37)45(32-38)54-56-53(44-23-12-24-48-49(44)43-28-25-36-17-6-11-22-42(36)52(43)60-48)57-55(58-54)59-46-29-26-34-15-4-9-20-40(34)50(46)51-41-21-10-5-16-35(41)27-30-47(51)59/h1-32H. The van der Waals surface area contributed by atoms with Gasteiger partial charge < -0.3 is 4.42 Å².